The summed E-state index contributed by atoms with van der Waals surface area (Å²) in [5, 5.41) is 6.50. The summed E-state index contributed by atoms with van der Waals surface area (Å²) in [7, 11) is 1.70. The van der Waals surface area contributed by atoms with Gasteiger partial charge >= 0.3 is 0 Å². The van der Waals surface area contributed by atoms with Crippen LogP contribution in [0, 0.1) is 13.8 Å². The SMILES string of the molecule is Cc1cccc(C)c1NC(=O)CN(C)C(C)C(=O)Nc1cc(Cl)c(Cl)cc1Cl. The van der Waals surface area contributed by atoms with Crippen molar-refractivity contribution in [2.24, 2.45) is 0 Å². The molecular weight excluding hydrogens is 421 g/mol. The van der Waals surface area contributed by atoms with E-state index in [1.165, 1.54) is 12.1 Å². The molecular formula is C20H22Cl3N3O2. The number of carbonyl (C=O) groups is 2. The molecule has 0 saturated carbocycles. The van der Waals surface area contributed by atoms with Crippen LogP contribution in [0.5, 0.6) is 0 Å². The molecule has 2 amide bonds. The van der Waals surface area contributed by atoms with Crippen molar-refractivity contribution >= 4 is 58.0 Å². The molecule has 2 rings (SSSR count). The Hall–Kier alpha value is -1.79. The third kappa shape index (κ3) is 5.61. The second-order valence-corrected chi connectivity index (χ2v) is 7.86. The molecule has 2 N–H and O–H groups in total. The molecule has 150 valence electrons. The maximum Gasteiger partial charge on any atom is 0.241 e. The van der Waals surface area contributed by atoms with Crippen molar-refractivity contribution in [1.82, 2.24) is 4.90 Å². The molecule has 8 heteroatoms. The minimum Gasteiger partial charge on any atom is -0.324 e. The van der Waals surface area contributed by atoms with Gasteiger partial charge in [0.15, 0.2) is 0 Å². The van der Waals surface area contributed by atoms with E-state index in [0.29, 0.717) is 10.7 Å². The van der Waals surface area contributed by atoms with E-state index >= 15 is 0 Å². The third-order valence-electron chi connectivity index (χ3n) is 4.45. The first-order chi connectivity index (χ1) is 13.1. The average Bonchev–Trinajstić information content (AvgIpc) is 2.62. The number of benzene rings is 2. The monoisotopic (exact) mass is 441 g/mol. The highest BCUT2D eigenvalue weighted by Gasteiger charge is 2.22. The quantitative estimate of drug-likeness (QED) is 0.607. The largest absolute Gasteiger partial charge is 0.324 e. The lowest BCUT2D eigenvalue weighted by Crippen LogP contribution is -2.43. The van der Waals surface area contributed by atoms with Gasteiger partial charge in [-0.1, -0.05) is 53.0 Å². The van der Waals surface area contributed by atoms with Crippen LogP contribution in [0.2, 0.25) is 15.1 Å². The number of rotatable bonds is 6. The molecule has 1 unspecified atom stereocenters. The number of amides is 2. The number of nitrogens with one attached hydrogen (secondary N) is 2. The summed E-state index contributed by atoms with van der Waals surface area (Å²) < 4.78 is 0. The zero-order chi connectivity index (χ0) is 21.0. The van der Waals surface area contributed by atoms with E-state index in [1.54, 1.807) is 18.9 Å². The number of likely N-dealkylation sites (N-methyl/N-ethyl adjacent to an activating group) is 1. The predicted octanol–water partition coefficient (Wildman–Crippen LogP) is 5.16. The van der Waals surface area contributed by atoms with Gasteiger partial charge in [-0.25, -0.2) is 0 Å². The first kappa shape index (κ1) is 22.5. The van der Waals surface area contributed by atoms with Gasteiger partial charge in [-0.15, -0.1) is 0 Å². The van der Waals surface area contributed by atoms with Crippen molar-refractivity contribution in [2.75, 3.05) is 24.2 Å². The number of hydrogen-bond donors (Lipinski definition) is 2. The fourth-order valence-electron chi connectivity index (χ4n) is 2.61. The molecule has 0 aliphatic carbocycles. The maximum absolute atomic E-state index is 12.5. The highest BCUT2D eigenvalue weighted by molar-refractivity contribution is 6.44. The molecule has 0 radical (unpaired) electrons. The van der Waals surface area contributed by atoms with E-state index < -0.39 is 6.04 Å². The lowest BCUT2D eigenvalue weighted by atomic mass is 10.1. The van der Waals surface area contributed by atoms with Crippen LogP contribution in [0.25, 0.3) is 0 Å². The van der Waals surface area contributed by atoms with Crippen LogP contribution in [0.15, 0.2) is 30.3 Å². The van der Waals surface area contributed by atoms with Gasteiger partial charge < -0.3 is 10.6 Å². The van der Waals surface area contributed by atoms with Crippen LogP contribution in [-0.2, 0) is 9.59 Å². The molecule has 0 aliphatic heterocycles. The van der Waals surface area contributed by atoms with Crippen LogP contribution in [0.1, 0.15) is 18.1 Å². The van der Waals surface area contributed by atoms with Crippen LogP contribution in [-0.4, -0.2) is 36.3 Å². The second kappa shape index (κ2) is 9.61. The number of halogens is 3. The summed E-state index contributed by atoms with van der Waals surface area (Å²) in [6.45, 7) is 5.62. The summed E-state index contributed by atoms with van der Waals surface area (Å²) in [6, 6.07) is 8.19. The molecule has 0 spiro atoms. The van der Waals surface area contributed by atoms with Crippen LogP contribution >= 0.6 is 34.8 Å². The molecule has 2 aromatic carbocycles. The molecule has 28 heavy (non-hydrogen) atoms. The highest BCUT2D eigenvalue weighted by atomic mass is 35.5. The van der Waals surface area contributed by atoms with Crippen molar-refractivity contribution in [1.29, 1.82) is 0 Å². The summed E-state index contributed by atoms with van der Waals surface area (Å²) in [5.41, 5.74) is 3.12. The summed E-state index contributed by atoms with van der Waals surface area (Å²) in [4.78, 5) is 26.6. The van der Waals surface area contributed by atoms with Crippen molar-refractivity contribution < 1.29 is 9.59 Å². The Balaban J connectivity index is 2.00. The Kier molecular flexibility index (Phi) is 7.72. The highest BCUT2D eigenvalue weighted by Crippen LogP contribution is 2.32. The molecule has 0 heterocycles. The van der Waals surface area contributed by atoms with Crippen molar-refractivity contribution in [2.45, 2.75) is 26.8 Å². The van der Waals surface area contributed by atoms with Gasteiger partial charge in [0.2, 0.25) is 11.8 Å². The molecule has 0 aromatic heterocycles. The number of hydrogen-bond acceptors (Lipinski definition) is 3. The molecule has 1 atom stereocenters. The predicted molar refractivity (Wildman–Crippen MR) is 117 cm³/mol. The third-order valence-corrected chi connectivity index (χ3v) is 5.48. The molecule has 0 fully saturated rings. The van der Waals surface area contributed by atoms with Crippen LogP contribution in [0.3, 0.4) is 0 Å². The molecule has 5 nitrogen and oxygen atoms in total. The lowest BCUT2D eigenvalue weighted by molar-refractivity contribution is -0.122. The Bertz CT molecular complexity index is 882. The van der Waals surface area contributed by atoms with E-state index in [-0.39, 0.29) is 28.4 Å². The Labute approximate surface area is 180 Å². The maximum atomic E-state index is 12.5. The fraction of sp³-hybridized carbons (Fsp3) is 0.300. The molecule has 2 aromatic rings. The minimum atomic E-state index is -0.575. The number of nitrogens with zero attached hydrogens (tertiary/aromatic N) is 1. The van der Waals surface area contributed by atoms with Gasteiger partial charge in [0.05, 0.1) is 33.3 Å². The fourth-order valence-corrected chi connectivity index (χ4v) is 3.20. The number of anilines is 2. The first-order valence-electron chi connectivity index (χ1n) is 8.62. The smallest absolute Gasteiger partial charge is 0.241 e. The molecule has 0 aliphatic rings. The number of para-hydroxylation sites is 1. The summed E-state index contributed by atoms with van der Waals surface area (Å²) in [6.07, 6.45) is 0. The van der Waals surface area contributed by atoms with Gasteiger partial charge in [-0.05, 0) is 51.1 Å². The van der Waals surface area contributed by atoms with Crippen LogP contribution < -0.4 is 10.6 Å². The minimum absolute atomic E-state index is 0.0530. The van der Waals surface area contributed by atoms with E-state index in [2.05, 4.69) is 10.6 Å². The Morgan fingerprint density at radius 1 is 1.00 bits per heavy atom. The van der Waals surface area contributed by atoms with Gasteiger partial charge in [0.25, 0.3) is 0 Å². The van der Waals surface area contributed by atoms with E-state index in [4.69, 9.17) is 34.8 Å². The van der Waals surface area contributed by atoms with E-state index in [0.717, 1.165) is 16.8 Å². The topological polar surface area (TPSA) is 61.4 Å². The zero-order valence-electron chi connectivity index (χ0n) is 16.1. The Morgan fingerprint density at radius 3 is 2.18 bits per heavy atom. The Morgan fingerprint density at radius 2 is 1.57 bits per heavy atom. The van der Waals surface area contributed by atoms with E-state index in [1.807, 2.05) is 32.0 Å². The standard InChI is InChI=1S/C20H22Cl3N3O2/c1-11-6-5-7-12(2)19(11)25-18(27)10-26(4)13(3)20(28)24-17-9-15(22)14(21)8-16(17)23/h5-9,13H,10H2,1-4H3,(H,24,28)(H,25,27). The van der Waals surface area contributed by atoms with E-state index in [9.17, 15) is 9.59 Å². The van der Waals surface area contributed by atoms with Crippen molar-refractivity contribution in [3.05, 3.63) is 56.5 Å². The number of carbonyl (C=O) groups excluding carboxylic acids is 2. The van der Waals surface area contributed by atoms with Gasteiger partial charge in [-0.3, -0.25) is 14.5 Å². The molecule has 0 saturated heterocycles. The van der Waals surface area contributed by atoms with Gasteiger partial charge in [-0.2, -0.15) is 0 Å². The van der Waals surface area contributed by atoms with Gasteiger partial charge in [0, 0.05) is 5.69 Å². The van der Waals surface area contributed by atoms with Crippen LogP contribution in [0.4, 0.5) is 11.4 Å². The normalized spacial score (nSPS) is 12.0. The molecule has 0 bridgehead atoms. The van der Waals surface area contributed by atoms with Crippen molar-refractivity contribution in [3.63, 3.8) is 0 Å². The summed E-state index contributed by atoms with van der Waals surface area (Å²) >= 11 is 18.0. The second-order valence-electron chi connectivity index (χ2n) is 6.64. The van der Waals surface area contributed by atoms with Crippen molar-refractivity contribution in [3.8, 4) is 0 Å². The number of aryl methyl sites for hydroxylation is 2. The zero-order valence-corrected chi connectivity index (χ0v) is 18.3. The lowest BCUT2D eigenvalue weighted by Gasteiger charge is -2.24. The van der Waals surface area contributed by atoms with Gasteiger partial charge in [0.1, 0.15) is 0 Å². The first-order valence-corrected chi connectivity index (χ1v) is 9.75. The average molecular weight is 443 g/mol. The summed E-state index contributed by atoms with van der Waals surface area (Å²) in [5.74, 6) is -0.519.